The third kappa shape index (κ3) is 10.7. The second kappa shape index (κ2) is 13.6. The average Bonchev–Trinajstić information content (AvgIpc) is 2.48. The molecule has 12 heteroatoms. The van der Waals surface area contributed by atoms with Crippen molar-refractivity contribution in [3.63, 3.8) is 0 Å². The van der Waals surface area contributed by atoms with Crippen molar-refractivity contribution in [2.75, 3.05) is 0 Å². The van der Waals surface area contributed by atoms with Gasteiger partial charge in [0.2, 0.25) is 10.0 Å². The van der Waals surface area contributed by atoms with Crippen molar-refractivity contribution in [3.8, 4) is 0 Å². The van der Waals surface area contributed by atoms with Crippen molar-refractivity contribution >= 4 is 31.8 Å². The molecule has 0 radical (unpaired) electrons. The Morgan fingerprint density at radius 2 is 1.12 bits per heavy atom. The van der Waals surface area contributed by atoms with Gasteiger partial charge in [-0.25, -0.2) is 22.0 Å². The summed E-state index contributed by atoms with van der Waals surface area (Å²) >= 11 is 5.03. The van der Waals surface area contributed by atoms with E-state index in [0.717, 1.165) is 11.1 Å². The molecule has 0 saturated heterocycles. The van der Waals surface area contributed by atoms with Crippen LogP contribution >= 0.6 is 11.8 Å². The molecule has 0 aromatic heterocycles. The fourth-order valence-electron chi connectivity index (χ4n) is 1.49. The first-order chi connectivity index (χ1) is 10.6. The van der Waals surface area contributed by atoms with Crippen molar-refractivity contribution in [3.05, 3.63) is 59.7 Å². The molecule has 0 amide bonds. The van der Waals surface area contributed by atoms with E-state index in [1.54, 1.807) is 28.5 Å². The zero-order chi connectivity index (χ0) is 17.7. The van der Waals surface area contributed by atoms with Gasteiger partial charge in [-0.3, -0.25) is 0 Å². The second-order valence-electron chi connectivity index (χ2n) is 4.75. The Bertz CT molecular complexity index is 870. The number of rotatable bonds is 3. The third-order valence-electron chi connectivity index (χ3n) is 2.78. The maximum absolute atomic E-state index is 11.1. The van der Waals surface area contributed by atoms with Crippen molar-refractivity contribution in [2.45, 2.75) is 23.6 Å². The van der Waals surface area contributed by atoms with Crippen LogP contribution in [0, 0.1) is 13.8 Å². The topological polar surface area (TPSA) is 138 Å². The number of benzene rings is 2. The summed E-state index contributed by atoms with van der Waals surface area (Å²) in [4.78, 5) is 0.325. The van der Waals surface area contributed by atoms with Gasteiger partial charge in [-0.1, -0.05) is 35.4 Å². The number of nitrogens with one attached hydrogen (secondary N) is 1. The molecule has 2 rings (SSSR count). The smallest absolute Gasteiger partial charge is 1.00 e. The molecule has 7 nitrogen and oxygen atoms in total. The molecule has 0 bridgehead atoms. The van der Waals surface area contributed by atoms with Gasteiger partial charge < -0.3 is 8.33 Å². The van der Waals surface area contributed by atoms with Crippen LogP contribution in [0.25, 0.3) is 0 Å². The summed E-state index contributed by atoms with van der Waals surface area (Å²) in [6.07, 6.45) is 0. The molecule has 0 saturated carbocycles. The van der Waals surface area contributed by atoms with E-state index in [1.807, 2.05) is 13.8 Å². The van der Waals surface area contributed by atoms with E-state index in [4.69, 9.17) is 16.9 Å². The first-order valence-corrected chi connectivity index (χ1v) is 9.75. The number of primary sulfonamides is 1. The van der Waals surface area contributed by atoms with E-state index in [1.165, 1.54) is 24.3 Å². The molecule has 0 unspecified atom stereocenters. The van der Waals surface area contributed by atoms with Gasteiger partial charge >= 0.3 is 59.1 Å². The Balaban J connectivity index is -0.000000107. The number of halogens is 1. The van der Waals surface area contributed by atoms with Gasteiger partial charge in [0.15, 0.2) is 0 Å². The number of nitrogens with two attached hydrogens (primary N) is 1. The molecular weight excluding hydrogens is 422 g/mol. The van der Waals surface area contributed by atoms with E-state index in [2.05, 4.69) is 0 Å². The Hall–Kier alpha value is 0.510. The summed E-state index contributed by atoms with van der Waals surface area (Å²) in [6, 6.07) is 12.8. The molecule has 0 aliphatic rings. The van der Waals surface area contributed by atoms with Crippen molar-refractivity contribution in [2.24, 2.45) is 5.14 Å². The Kier molecular flexibility index (Phi) is 16.4. The van der Waals surface area contributed by atoms with Crippen LogP contribution in [-0.4, -0.2) is 22.3 Å². The molecule has 0 atom stereocenters. The minimum Gasteiger partial charge on any atom is -1.00 e. The number of sulfonamides is 2. The van der Waals surface area contributed by atoms with Crippen molar-refractivity contribution in [1.29, 1.82) is 0 Å². The maximum Gasteiger partial charge on any atom is 1.00 e. The predicted octanol–water partition coefficient (Wildman–Crippen LogP) is -4.52. The SMILES string of the molecule is Cc1ccc(S(=O)(=O)NCl)cc1.Cc1ccc(S(N)(=O)=O)cc1.O.[H-].[H-].[Na+].[Na+]. The quantitative estimate of drug-likeness (QED) is 0.365. The summed E-state index contributed by atoms with van der Waals surface area (Å²) in [5.74, 6) is 0. The minimum absolute atomic E-state index is 0. The zero-order valence-corrected chi connectivity index (χ0v) is 21.4. The van der Waals surface area contributed by atoms with Gasteiger partial charge in [0.05, 0.1) is 9.79 Å². The van der Waals surface area contributed by atoms with Crippen molar-refractivity contribution < 1.29 is 84.3 Å². The summed E-state index contributed by atoms with van der Waals surface area (Å²) in [5, 5.41) is 4.88. The van der Waals surface area contributed by atoms with Gasteiger partial charge in [-0.2, -0.15) is 0 Å². The third-order valence-corrected chi connectivity index (χ3v) is 5.42. The van der Waals surface area contributed by atoms with Crippen molar-refractivity contribution in [1.82, 2.24) is 4.24 Å². The predicted molar refractivity (Wildman–Crippen MR) is 95.7 cm³/mol. The summed E-state index contributed by atoms with van der Waals surface area (Å²) in [6.45, 7) is 3.76. The fraction of sp³-hybridized carbons (Fsp3) is 0.143. The zero-order valence-electron chi connectivity index (χ0n) is 17.0. The number of hydrogen-bond acceptors (Lipinski definition) is 4. The van der Waals surface area contributed by atoms with Crippen LogP contribution in [0.3, 0.4) is 0 Å². The fourth-order valence-corrected chi connectivity index (χ4v) is 2.86. The second-order valence-corrected chi connectivity index (χ2v) is 8.41. The van der Waals surface area contributed by atoms with Crippen LogP contribution in [0.5, 0.6) is 0 Å². The molecule has 0 aliphatic heterocycles. The van der Waals surface area contributed by atoms with E-state index in [0.29, 0.717) is 0 Å². The first-order valence-electron chi connectivity index (χ1n) is 6.35. The van der Waals surface area contributed by atoms with E-state index < -0.39 is 20.0 Å². The van der Waals surface area contributed by atoms with Crippen LogP contribution in [0.4, 0.5) is 0 Å². The molecule has 2 aromatic carbocycles. The van der Waals surface area contributed by atoms with Crippen LogP contribution < -0.4 is 68.5 Å². The first kappa shape index (κ1) is 31.2. The van der Waals surface area contributed by atoms with Gasteiger partial charge in [0.25, 0.3) is 10.0 Å². The van der Waals surface area contributed by atoms with E-state index in [9.17, 15) is 16.8 Å². The largest absolute Gasteiger partial charge is 1.00 e. The number of hydrogen-bond donors (Lipinski definition) is 2. The molecule has 2 aromatic rings. The molecule has 0 spiro atoms. The summed E-state index contributed by atoms with van der Waals surface area (Å²) in [5.41, 5.74) is 2.01. The van der Waals surface area contributed by atoms with Crippen LogP contribution in [0.15, 0.2) is 58.3 Å². The summed E-state index contributed by atoms with van der Waals surface area (Å²) in [7, 11) is -7.02. The normalized spacial score (nSPS) is 10.2. The van der Waals surface area contributed by atoms with E-state index >= 15 is 0 Å². The van der Waals surface area contributed by atoms with Gasteiger partial charge in [0, 0.05) is 0 Å². The average molecular weight is 443 g/mol. The Morgan fingerprint density at radius 3 is 1.38 bits per heavy atom. The minimum atomic E-state index is -3.52. The number of aryl methyl sites for hydroxylation is 2. The monoisotopic (exact) mass is 442 g/mol. The van der Waals surface area contributed by atoms with Crippen LogP contribution in [0.2, 0.25) is 0 Å². The molecule has 138 valence electrons. The molecule has 26 heavy (non-hydrogen) atoms. The summed E-state index contributed by atoms with van der Waals surface area (Å²) < 4.78 is 45.3. The Morgan fingerprint density at radius 1 is 0.808 bits per heavy atom. The molecular formula is C14H21ClN2Na2O5S2. The van der Waals surface area contributed by atoms with Crippen LogP contribution in [0.1, 0.15) is 14.0 Å². The molecule has 0 aliphatic carbocycles. The Labute approximate surface area is 206 Å². The molecule has 5 N–H and O–H groups in total. The molecule has 0 fully saturated rings. The van der Waals surface area contributed by atoms with Gasteiger partial charge in [-0.15, -0.1) is 4.24 Å². The van der Waals surface area contributed by atoms with E-state index in [-0.39, 0.29) is 77.2 Å². The molecule has 0 heterocycles. The van der Waals surface area contributed by atoms with Crippen LogP contribution in [-0.2, 0) is 20.0 Å². The van der Waals surface area contributed by atoms with Gasteiger partial charge in [0.1, 0.15) is 0 Å². The van der Waals surface area contributed by atoms with Gasteiger partial charge in [-0.05, 0) is 49.9 Å². The maximum atomic E-state index is 11.1. The standard InChI is InChI=1S/C7H8ClNO2S.C7H9NO2S.2Na.H2O.2H/c1-6-2-4-7(5-3-6)12(10,11)9-8;1-6-2-4-7(5-3-6)11(8,9)10;;;;;/h2-5,9H,1H3;2-5H,1H3,(H2,8,9,10);;;1H2;;/q;;2*+1;;2*-1.